The number of aryl methyl sites for hydroxylation is 2. The van der Waals surface area contributed by atoms with Gasteiger partial charge in [-0.15, -0.1) is 0 Å². The molecule has 1 aliphatic rings. The second kappa shape index (κ2) is 5.86. The summed E-state index contributed by atoms with van der Waals surface area (Å²) in [5, 5.41) is 8.25. The second-order valence-corrected chi connectivity index (χ2v) is 6.70. The second-order valence-electron chi connectivity index (χ2n) is 6.34. The lowest BCUT2D eigenvalue weighted by atomic mass is 9.71. The number of halogens is 1. The molecule has 2 heterocycles. The van der Waals surface area contributed by atoms with Gasteiger partial charge in [0, 0.05) is 24.4 Å². The highest BCUT2D eigenvalue weighted by molar-refractivity contribution is 6.30. The fourth-order valence-corrected chi connectivity index (χ4v) is 3.20. The Hall–Kier alpha value is -0.870. The average molecular weight is 298 g/mol. The lowest BCUT2D eigenvalue weighted by Crippen LogP contribution is -2.43. The zero-order valence-electron chi connectivity index (χ0n) is 12.8. The molecule has 0 radical (unpaired) electrons. The van der Waals surface area contributed by atoms with Crippen molar-refractivity contribution in [3.63, 3.8) is 0 Å². The maximum Gasteiger partial charge on any atom is 0.143 e. The fraction of sp³-hybridized carbons (Fsp3) is 0.733. The summed E-state index contributed by atoms with van der Waals surface area (Å²) in [6, 6.07) is 0. The van der Waals surface area contributed by atoms with Crippen LogP contribution < -0.4 is 5.32 Å². The van der Waals surface area contributed by atoms with Crippen LogP contribution in [0.2, 0.25) is 5.15 Å². The summed E-state index contributed by atoms with van der Waals surface area (Å²) >= 11 is 6.23. The van der Waals surface area contributed by atoms with Gasteiger partial charge < -0.3 is 5.32 Å². The third kappa shape index (κ3) is 2.91. The molecule has 5 heteroatoms. The maximum absolute atomic E-state index is 12.7. The Kier molecular flexibility index (Phi) is 4.55. The molecule has 1 unspecified atom stereocenters. The molecule has 1 aromatic heterocycles. The number of piperidine rings is 1. The monoisotopic (exact) mass is 297 g/mol. The highest BCUT2D eigenvalue weighted by Crippen LogP contribution is 2.34. The normalized spacial score (nSPS) is 20.1. The van der Waals surface area contributed by atoms with Gasteiger partial charge in [0.2, 0.25) is 0 Å². The van der Waals surface area contributed by atoms with E-state index in [0.29, 0.717) is 17.5 Å². The van der Waals surface area contributed by atoms with Crippen LogP contribution in [0.15, 0.2) is 0 Å². The van der Waals surface area contributed by atoms with E-state index in [2.05, 4.69) is 24.3 Å². The first kappa shape index (κ1) is 15.5. The van der Waals surface area contributed by atoms with E-state index in [9.17, 15) is 4.79 Å². The Labute approximate surface area is 125 Å². The number of nitrogens with one attached hydrogen (secondary N) is 1. The molecule has 1 atom stereocenters. The molecule has 0 bridgehead atoms. The third-order valence-corrected chi connectivity index (χ3v) is 5.12. The summed E-state index contributed by atoms with van der Waals surface area (Å²) in [4.78, 5) is 12.7. The molecule has 0 spiro atoms. The Morgan fingerprint density at radius 1 is 1.55 bits per heavy atom. The molecule has 0 amide bonds. The predicted molar refractivity (Wildman–Crippen MR) is 81.0 cm³/mol. The number of aromatic nitrogens is 2. The molecule has 1 aromatic rings. The van der Waals surface area contributed by atoms with Crippen molar-refractivity contribution in [2.75, 3.05) is 13.1 Å². The summed E-state index contributed by atoms with van der Waals surface area (Å²) in [6.45, 7) is 8.02. The van der Waals surface area contributed by atoms with E-state index in [0.717, 1.165) is 37.2 Å². The number of ketones is 1. The molecule has 0 aromatic carbocycles. The van der Waals surface area contributed by atoms with Gasteiger partial charge in [-0.2, -0.15) is 5.10 Å². The predicted octanol–water partition coefficient (Wildman–Crippen LogP) is 2.52. The van der Waals surface area contributed by atoms with Gasteiger partial charge in [-0.05, 0) is 38.8 Å². The van der Waals surface area contributed by atoms with Crippen LogP contribution >= 0.6 is 11.6 Å². The number of hydrogen-bond acceptors (Lipinski definition) is 3. The maximum atomic E-state index is 12.7. The van der Waals surface area contributed by atoms with Gasteiger partial charge >= 0.3 is 0 Å². The molecular weight excluding hydrogens is 274 g/mol. The van der Waals surface area contributed by atoms with Crippen LogP contribution in [0.4, 0.5) is 0 Å². The summed E-state index contributed by atoms with van der Waals surface area (Å²) < 4.78 is 1.63. The van der Waals surface area contributed by atoms with Gasteiger partial charge in [-0.1, -0.05) is 25.4 Å². The molecular formula is C15H24ClN3O. The molecule has 20 heavy (non-hydrogen) atoms. The lowest BCUT2D eigenvalue weighted by Gasteiger charge is -2.36. The first-order valence-electron chi connectivity index (χ1n) is 7.26. The van der Waals surface area contributed by atoms with E-state index >= 15 is 0 Å². The van der Waals surface area contributed by atoms with E-state index in [-0.39, 0.29) is 11.2 Å². The van der Waals surface area contributed by atoms with Crippen LogP contribution in [0.3, 0.4) is 0 Å². The number of nitrogens with zero attached hydrogens (tertiary/aromatic N) is 2. The van der Waals surface area contributed by atoms with Gasteiger partial charge in [0.25, 0.3) is 0 Å². The van der Waals surface area contributed by atoms with Gasteiger partial charge in [-0.25, -0.2) is 0 Å². The quantitative estimate of drug-likeness (QED) is 0.929. The van der Waals surface area contributed by atoms with E-state index in [1.54, 1.807) is 11.7 Å². The van der Waals surface area contributed by atoms with E-state index in [1.165, 1.54) is 0 Å². The van der Waals surface area contributed by atoms with E-state index in [1.807, 2.05) is 6.92 Å². The minimum Gasteiger partial charge on any atom is -0.316 e. The van der Waals surface area contributed by atoms with Crippen molar-refractivity contribution in [3.05, 3.63) is 16.4 Å². The molecule has 1 fully saturated rings. The van der Waals surface area contributed by atoms with Crippen LogP contribution in [0.25, 0.3) is 0 Å². The van der Waals surface area contributed by atoms with Crippen molar-refractivity contribution in [2.45, 2.75) is 40.0 Å². The first-order chi connectivity index (χ1) is 9.34. The highest BCUT2D eigenvalue weighted by atomic mass is 35.5. The summed E-state index contributed by atoms with van der Waals surface area (Å²) in [5.74, 6) is 0.656. The molecule has 2 rings (SSSR count). The molecule has 0 saturated carbocycles. The summed E-state index contributed by atoms with van der Waals surface area (Å²) in [7, 11) is 1.81. The zero-order valence-corrected chi connectivity index (χ0v) is 13.5. The number of rotatable bonds is 4. The Morgan fingerprint density at radius 2 is 2.25 bits per heavy atom. The largest absolute Gasteiger partial charge is 0.316 e. The molecule has 1 N–H and O–H groups in total. The van der Waals surface area contributed by atoms with Crippen molar-refractivity contribution in [1.29, 1.82) is 0 Å². The SMILES string of the molecule is Cc1nn(C)c(Cl)c1CC(=O)C(C)(C)C1CCCNC1. The molecule has 0 aliphatic carbocycles. The smallest absolute Gasteiger partial charge is 0.143 e. The summed E-state index contributed by atoms with van der Waals surface area (Å²) in [6.07, 6.45) is 2.64. The first-order valence-corrected chi connectivity index (χ1v) is 7.63. The highest BCUT2D eigenvalue weighted by Gasteiger charge is 2.37. The topological polar surface area (TPSA) is 46.9 Å². The fourth-order valence-electron chi connectivity index (χ4n) is 2.96. The van der Waals surface area contributed by atoms with Gasteiger partial charge in [0.1, 0.15) is 10.9 Å². The van der Waals surface area contributed by atoms with Crippen molar-refractivity contribution >= 4 is 17.4 Å². The minimum absolute atomic E-state index is 0.254. The van der Waals surface area contributed by atoms with Crippen LogP contribution in [0, 0.1) is 18.3 Å². The number of carbonyl (C=O) groups excluding carboxylic acids is 1. The zero-order chi connectivity index (χ0) is 14.9. The van der Waals surface area contributed by atoms with E-state index < -0.39 is 0 Å². The van der Waals surface area contributed by atoms with Gasteiger partial charge in [0.05, 0.1) is 5.69 Å². The van der Waals surface area contributed by atoms with E-state index in [4.69, 9.17) is 11.6 Å². The Morgan fingerprint density at radius 3 is 2.75 bits per heavy atom. The Balaban J connectivity index is 2.14. The summed E-state index contributed by atoms with van der Waals surface area (Å²) in [5.41, 5.74) is 1.40. The standard InChI is InChI=1S/C15H24ClN3O/c1-10-12(14(16)19(4)18-10)8-13(20)15(2,3)11-6-5-7-17-9-11/h11,17H,5-9H2,1-4H3. The molecule has 1 saturated heterocycles. The van der Waals surface area contributed by atoms with Crippen molar-refractivity contribution in [3.8, 4) is 0 Å². The molecule has 112 valence electrons. The average Bonchev–Trinajstić information content (AvgIpc) is 2.66. The number of Topliss-reactive ketones (excluding diaryl/α,β-unsaturated/α-hetero) is 1. The minimum atomic E-state index is -0.320. The molecule has 4 nitrogen and oxygen atoms in total. The van der Waals surface area contributed by atoms with Crippen LogP contribution in [-0.2, 0) is 18.3 Å². The third-order valence-electron chi connectivity index (χ3n) is 4.64. The lowest BCUT2D eigenvalue weighted by molar-refractivity contribution is -0.129. The number of hydrogen-bond donors (Lipinski definition) is 1. The van der Waals surface area contributed by atoms with Gasteiger partial charge in [0.15, 0.2) is 0 Å². The Bertz CT molecular complexity index is 501. The molecule has 1 aliphatic heterocycles. The van der Waals surface area contributed by atoms with Crippen molar-refractivity contribution in [1.82, 2.24) is 15.1 Å². The van der Waals surface area contributed by atoms with Crippen molar-refractivity contribution in [2.24, 2.45) is 18.4 Å². The van der Waals surface area contributed by atoms with Gasteiger partial charge in [-0.3, -0.25) is 9.48 Å². The van der Waals surface area contributed by atoms with Crippen LogP contribution in [0.5, 0.6) is 0 Å². The van der Waals surface area contributed by atoms with Crippen LogP contribution in [0.1, 0.15) is 37.9 Å². The number of carbonyl (C=O) groups is 1. The van der Waals surface area contributed by atoms with Crippen LogP contribution in [-0.4, -0.2) is 28.7 Å². The van der Waals surface area contributed by atoms with Crippen molar-refractivity contribution < 1.29 is 4.79 Å².